The predicted octanol–water partition coefficient (Wildman–Crippen LogP) is 5.15. The van der Waals surface area contributed by atoms with Crippen LogP contribution in [-0.4, -0.2) is 13.7 Å². The van der Waals surface area contributed by atoms with Crippen molar-refractivity contribution < 1.29 is 9.47 Å². The van der Waals surface area contributed by atoms with Gasteiger partial charge in [-0.3, -0.25) is 0 Å². The monoisotopic (exact) mass is 334 g/mol. The topological polar surface area (TPSA) is 18.5 Å². The SMILES string of the molecule is COc1ccc2c(c1)C[C@@H](C)[C@H](C)[C@H]2c1ccc2c(c1)C1CC1CO2. The molecule has 1 heterocycles. The van der Waals surface area contributed by atoms with E-state index >= 15 is 0 Å². The van der Waals surface area contributed by atoms with Crippen LogP contribution in [0.3, 0.4) is 0 Å². The lowest BCUT2D eigenvalue weighted by molar-refractivity contribution is 0.278. The highest BCUT2D eigenvalue weighted by Gasteiger charge is 2.44. The number of methoxy groups -OCH3 is 1. The molecule has 0 saturated heterocycles. The zero-order valence-corrected chi connectivity index (χ0v) is 15.3. The quantitative estimate of drug-likeness (QED) is 0.756. The summed E-state index contributed by atoms with van der Waals surface area (Å²) in [6.45, 7) is 5.72. The Morgan fingerprint density at radius 1 is 1.04 bits per heavy atom. The van der Waals surface area contributed by atoms with E-state index in [2.05, 4.69) is 50.2 Å². The van der Waals surface area contributed by atoms with Crippen LogP contribution in [0, 0.1) is 17.8 Å². The molecule has 0 bridgehead atoms. The lowest BCUT2D eigenvalue weighted by Gasteiger charge is -2.37. The van der Waals surface area contributed by atoms with Crippen LogP contribution in [-0.2, 0) is 6.42 Å². The smallest absolute Gasteiger partial charge is 0.122 e. The molecule has 2 unspecified atom stereocenters. The molecule has 130 valence electrons. The van der Waals surface area contributed by atoms with Crippen molar-refractivity contribution in [2.24, 2.45) is 17.8 Å². The van der Waals surface area contributed by atoms with E-state index in [9.17, 15) is 0 Å². The van der Waals surface area contributed by atoms with Crippen LogP contribution in [0.5, 0.6) is 11.5 Å². The standard InChI is InChI=1S/C23H26O2/c1-13-8-16-9-18(24-3)5-6-19(16)23(14(13)2)15-4-7-22-21(10-15)20-11-17(20)12-25-22/h4-7,9-10,13-14,17,20,23H,8,11-12H2,1-3H3/t13-,14+,17?,20?,23+/m1/s1. The lowest BCUT2D eigenvalue weighted by Crippen LogP contribution is -2.27. The van der Waals surface area contributed by atoms with Gasteiger partial charge in [0.25, 0.3) is 0 Å². The molecule has 5 atom stereocenters. The Morgan fingerprint density at radius 3 is 2.76 bits per heavy atom. The van der Waals surface area contributed by atoms with Crippen LogP contribution in [0.1, 0.15) is 54.4 Å². The van der Waals surface area contributed by atoms with Crippen molar-refractivity contribution in [3.8, 4) is 11.5 Å². The van der Waals surface area contributed by atoms with Gasteiger partial charge in [-0.05, 0) is 71.0 Å². The highest BCUT2D eigenvalue weighted by Crippen LogP contribution is 2.55. The average molecular weight is 334 g/mol. The third-order valence-corrected chi connectivity index (χ3v) is 6.82. The average Bonchev–Trinajstić information content (AvgIpc) is 3.42. The number of benzene rings is 2. The highest BCUT2D eigenvalue weighted by molar-refractivity contribution is 5.50. The number of hydrogen-bond acceptors (Lipinski definition) is 2. The second-order valence-corrected chi connectivity index (χ2v) is 8.29. The summed E-state index contributed by atoms with van der Waals surface area (Å²) in [6.07, 6.45) is 2.45. The molecule has 0 radical (unpaired) electrons. The van der Waals surface area contributed by atoms with Crippen molar-refractivity contribution in [1.29, 1.82) is 0 Å². The van der Waals surface area contributed by atoms with E-state index < -0.39 is 0 Å². The highest BCUT2D eigenvalue weighted by atomic mass is 16.5. The summed E-state index contributed by atoms with van der Waals surface area (Å²) in [5.41, 5.74) is 5.85. The summed E-state index contributed by atoms with van der Waals surface area (Å²) in [7, 11) is 1.75. The van der Waals surface area contributed by atoms with Crippen molar-refractivity contribution in [3.05, 3.63) is 58.7 Å². The number of hydrogen-bond donors (Lipinski definition) is 0. The van der Waals surface area contributed by atoms with Crippen LogP contribution < -0.4 is 9.47 Å². The van der Waals surface area contributed by atoms with Crippen LogP contribution >= 0.6 is 0 Å². The Morgan fingerprint density at radius 2 is 1.92 bits per heavy atom. The van der Waals surface area contributed by atoms with Gasteiger partial charge in [-0.2, -0.15) is 0 Å². The molecule has 2 nitrogen and oxygen atoms in total. The maximum atomic E-state index is 5.95. The zero-order valence-electron chi connectivity index (χ0n) is 15.3. The van der Waals surface area contributed by atoms with Gasteiger partial charge in [0.2, 0.25) is 0 Å². The van der Waals surface area contributed by atoms with Gasteiger partial charge in [0.15, 0.2) is 0 Å². The first-order valence-electron chi connectivity index (χ1n) is 9.59. The Balaban J connectivity index is 1.60. The molecule has 2 aliphatic carbocycles. The zero-order chi connectivity index (χ0) is 17.1. The van der Waals surface area contributed by atoms with E-state index in [1.54, 1.807) is 7.11 Å². The van der Waals surface area contributed by atoms with Gasteiger partial charge in [0, 0.05) is 11.8 Å². The Hall–Kier alpha value is -1.96. The molecule has 0 aromatic heterocycles. The Bertz CT molecular complexity index is 825. The maximum Gasteiger partial charge on any atom is 0.122 e. The molecule has 0 amide bonds. The molecule has 2 heteroatoms. The second kappa shape index (κ2) is 5.52. The number of fused-ring (bicyclic) bond motifs is 4. The summed E-state index contributed by atoms with van der Waals surface area (Å²) >= 11 is 0. The van der Waals surface area contributed by atoms with Gasteiger partial charge >= 0.3 is 0 Å². The summed E-state index contributed by atoms with van der Waals surface area (Å²) in [5, 5.41) is 0. The maximum absolute atomic E-state index is 5.95. The van der Waals surface area contributed by atoms with Gasteiger partial charge in [-0.1, -0.05) is 32.0 Å². The fourth-order valence-corrected chi connectivity index (χ4v) is 5.01. The van der Waals surface area contributed by atoms with Gasteiger partial charge in [0.1, 0.15) is 11.5 Å². The predicted molar refractivity (Wildman–Crippen MR) is 99.7 cm³/mol. The summed E-state index contributed by atoms with van der Waals surface area (Å²) < 4.78 is 11.4. The minimum absolute atomic E-state index is 0.467. The second-order valence-electron chi connectivity index (χ2n) is 8.29. The van der Waals surface area contributed by atoms with E-state index in [4.69, 9.17) is 9.47 Å². The van der Waals surface area contributed by atoms with E-state index in [-0.39, 0.29) is 0 Å². The third-order valence-electron chi connectivity index (χ3n) is 6.82. The molecule has 0 N–H and O–H groups in total. The minimum atomic E-state index is 0.467. The summed E-state index contributed by atoms with van der Waals surface area (Å²) in [5.74, 6) is 5.38. The van der Waals surface area contributed by atoms with E-state index in [1.165, 1.54) is 28.7 Å². The van der Waals surface area contributed by atoms with Gasteiger partial charge in [-0.15, -0.1) is 0 Å². The Labute approximate surface area is 150 Å². The molecule has 0 spiro atoms. The number of ether oxygens (including phenoxy) is 2. The fourth-order valence-electron chi connectivity index (χ4n) is 5.01. The third kappa shape index (κ3) is 2.38. The molecular weight excluding hydrogens is 308 g/mol. The molecule has 1 fully saturated rings. The van der Waals surface area contributed by atoms with Gasteiger partial charge in [-0.25, -0.2) is 0 Å². The normalized spacial score (nSPS) is 32.0. The first-order chi connectivity index (χ1) is 12.2. The lowest BCUT2D eigenvalue weighted by atomic mass is 9.67. The first-order valence-corrected chi connectivity index (χ1v) is 9.59. The van der Waals surface area contributed by atoms with E-state index in [0.29, 0.717) is 17.8 Å². The van der Waals surface area contributed by atoms with E-state index in [0.717, 1.165) is 36.4 Å². The van der Waals surface area contributed by atoms with E-state index in [1.807, 2.05) is 0 Å². The molecule has 1 saturated carbocycles. The molecule has 2 aromatic rings. The van der Waals surface area contributed by atoms with Crippen molar-refractivity contribution in [1.82, 2.24) is 0 Å². The summed E-state index contributed by atoms with van der Waals surface area (Å²) in [4.78, 5) is 0. The van der Waals surface area contributed by atoms with Crippen LogP contribution in [0.25, 0.3) is 0 Å². The molecule has 25 heavy (non-hydrogen) atoms. The first kappa shape index (κ1) is 15.3. The van der Waals surface area contributed by atoms with Gasteiger partial charge < -0.3 is 9.47 Å². The largest absolute Gasteiger partial charge is 0.497 e. The molecule has 3 aliphatic rings. The Kier molecular flexibility index (Phi) is 3.38. The molecule has 5 rings (SSSR count). The van der Waals surface area contributed by atoms with Crippen LogP contribution in [0.15, 0.2) is 36.4 Å². The van der Waals surface area contributed by atoms with Crippen molar-refractivity contribution in [3.63, 3.8) is 0 Å². The minimum Gasteiger partial charge on any atom is -0.497 e. The van der Waals surface area contributed by atoms with Crippen LogP contribution in [0.4, 0.5) is 0 Å². The molecule has 1 aliphatic heterocycles. The van der Waals surface area contributed by atoms with Crippen molar-refractivity contribution >= 4 is 0 Å². The van der Waals surface area contributed by atoms with Crippen LogP contribution in [0.2, 0.25) is 0 Å². The summed E-state index contributed by atoms with van der Waals surface area (Å²) in [6, 6.07) is 13.6. The van der Waals surface area contributed by atoms with Gasteiger partial charge in [0.05, 0.1) is 13.7 Å². The molecular formula is C23H26O2. The molecule has 2 aromatic carbocycles. The van der Waals surface area contributed by atoms with Crippen molar-refractivity contribution in [2.75, 3.05) is 13.7 Å². The van der Waals surface area contributed by atoms with Crippen molar-refractivity contribution in [2.45, 2.75) is 38.5 Å². The number of rotatable bonds is 2. The fraction of sp³-hybridized carbons (Fsp3) is 0.478.